The van der Waals surface area contributed by atoms with Gasteiger partial charge >= 0.3 is 0 Å². The van der Waals surface area contributed by atoms with Crippen LogP contribution in [0.15, 0.2) is 24.3 Å². The molecular weight excluding hydrogens is 362 g/mol. The molecule has 0 aromatic heterocycles. The summed E-state index contributed by atoms with van der Waals surface area (Å²) in [6, 6.07) is 6.29. The number of halogens is 2. The zero-order valence-corrected chi connectivity index (χ0v) is 12.3. The quantitative estimate of drug-likeness (QED) is 0.464. The highest BCUT2D eigenvalue weighted by Crippen LogP contribution is 2.21. The van der Waals surface area contributed by atoms with Crippen LogP contribution in [0.5, 0.6) is 0 Å². The Kier molecular flexibility index (Phi) is 4.52. The number of rotatable bonds is 4. The molecule has 0 heterocycles. The number of benzene rings is 1. The van der Waals surface area contributed by atoms with Gasteiger partial charge in [-0.05, 0) is 24.3 Å². The fraction of sp³-hybridized carbons (Fsp3) is 0.222. The van der Waals surface area contributed by atoms with E-state index in [1.54, 1.807) is 24.3 Å². The fourth-order valence-corrected chi connectivity index (χ4v) is 2.10. The van der Waals surface area contributed by atoms with Gasteiger partial charge in [-0.3, -0.25) is 4.79 Å². The molecule has 0 aliphatic rings. The first kappa shape index (κ1) is 13.7. The van der Waals surface area contributed by atoms with Crippen molar-refractivity contribution in [2.45, 2.75) is 0 Å². The molecule has 0 aliphatic heterocycles. The Labute approximate surface area is 111 Å². The minimum absolute atomic E-state index is 0.0490. The van der Waals surface area contributed by atoms with E-state index in [2.05, 4.69) is 32.1 Å². The van der Waals surface area contributed by atoms with E-state index >= 15 is 0 Å². The number of hydrogen-bond donors (Lipinski definition) is 0. The summed E-state index contributed by atoms with van der Waals surface area (Å²) < 4.78 is 23.4. The lowest BCUT2D eigenvalue weighted by Crippen LogP contribution is -2.18. The number of hydrogen-bond acceptors (Lipinski definition) is 3. The van der Waals surface area contributed by atoms with Gasteiger partial charge in [0.1, 0.15) is 0 Å². The highest BCUT2D eigenvalue weighted by Gasteiger charge is 2.14. The average Bonchev–Trinajstić information content (AvgIpc) is 2.26. The molecule has 0 amide bonds. The lowest BCUT2D eigenvalue weighted by atomic mass is 10.1. The zero-order chi connectivity index (χ0) is 12.3. The first-order valence-electron chi connectivity index (χ1n) is 4.21. The second kappa shape index (κ2) is 5.29. The number of carbonyl (C=O) groups is 1. The van der Waals surface area contributed by atoms with Crippen LogP contribution < -0.4 is 3.33 Å². The summed E-state index contributed by atoms with van der Waals surface area (Å²) in [7, 11) is -3.34. The molecule has 16 heavy (non-hydrogen) atoms. The number of sulfonamides is 1. The van der Waals surface area contributed by atoms with E-state index in [1.807, 2.05) is 0 Å². The van der Waals surface area contributed by atoms with E-state index in [-0.39, 0.29) is 11.1 Å². The third-order valence-corrected chi connectivity index (χ3v) is 5.09. The maximum absolute atomic E-state index is 11.3. The van der Waals surface area contributed by atoms with E-state index in [9.17, 15) is 13.2 Å². The monoisotopic (exact) mass is 369 g/mol. The molecule has 0 saturated heterocycles. The number of alkyl halides is 1. The van der Waals surface area contributed by atoms with Crippen molar-refractivity contribution in [3.63, 3.8) is 0 Å². The number of carbonyl (C=O) groups excluding carboxylic acids is 1. The number of anilines is 1. The number of Topliss-reactive ketones (excluding diaryl/α,β-unsaturated/α-hetero) is 1. The second-order valence-corrected chi connectivity index (χ2v) is 6.65. The van der Waals surface area contributed by atoms with Crippen molar-refractivity contribution in [3.05, 3.63) is 29.8 Å². The molecule has 0 spiro atoms. The van der Waals surface area contributed by atoms with Crippen LogP contribution in [0.3, 0.4) is 0 Å². The summed E-state index contributed by atoms with van der Waals surface area (Å²) in [5.41, 5.74) is 0.989. The van der Waals surface area contributed by atoms with Crippen LogP contribution in [0.4, 0.5) is 5.69 Å². The summed E-state index contributed by atoms with van der Waals surface area (Å²) in [5.74, 6) is -0.0490. The molecule has 1 aromatic carbocycles. The van der Waals surface area contributed by atoms with Crippen LogP contribution in [0, 0.1) is 0 Å². The Bertz CT molecular complexity index is 484. The third-order valence-electron chi connectivity index (χ3n) is 1.80. The van der Waals surface area contributed by atoms with Crippen molar-refractivity contribution in [2.24, 2.45) is 0 Å². The molecule has 0 unspecified atom stereocenters. The van der Waals surface area contributed by atoms with Crippen molar-refractivity contribution in [2.75, 3.05) is 14.9 Å². The highest BCUT2D eigenvalue weighted by atomic mass is 79.9. The predicted molar refractivity (Wildman–Crippen MR) is 70.8 cm³/mol. The van der Waals surface area contributed by atoms with Gasteiger partial charge in [-0.25, -0.2) is 11.7 Å². The van der Waals surface area contributed by atoms with Gasteiger partial charge in [0, 0.05) is 5.56 Å². The Morgan fingerprint density at radius 1 is 1.31 bits per heavy atom. The summed E-state index contributed by atoms with van der Waals surface area (Å²) in [6.07, 6.45) is 1.08. The van der Waals surface area contributed by atoms with E-state index in [0.29, 0.717) is 11.3 Å². The molecule has 0 bridgehead atoms. The highest BCUT2D eigenvalue weighted by molar-refractivity contribution is 9.11. The van der Waals surface area contributed by atoms with Gasteiger partial charge < -0.3 is 0 Å². The first-order valence-corrected chi connectivity index (χ1v) is 7.89. The second-order valence-electron chi connectivity index (χ2n) is 3.08. The smallest absolute Gasteiger partial charge is 0.241 e. The predicted octanol–water partition coefficient (Wildman–Crippen LogP) is 2.34. The SMILES string of the molecule is CS(=O)(=O)N(Br)c1ccc(C(=O)CBr)cc1. The van der Waals surface area contributed by atoms with Crippen LogP contribution >= 0.6 is 32.1 Å². The number of nitrogens with zero attached hydrogens (tertiary/aromatic N) is 1. The Hall–Kier alpha value is -0.400. The minimum atomic E-state index is -3.34. The standard InChI is InChI=1S/C9H9Br2NO3S/c1-16(14,15)12(11)8-4-2-7(3-5-8)9(13)6-10/h2-5H,6H2,1H3. The van der Waals surface area contributed by atoms with E-state index in [4.69, 9.17) is 0 Å². The Morgan fingerprint density at radius 3 is 2.19 bits per heavy atom. The summed E-state index contributed by atoms with van der Waals surface area (Å²) in [6.45, 7) is 0. The zero-order valence-electron chi connectivity index (χ0n) is 8.35. The van der Waals surface area contributed by atoms with E-state index in [1.165, 1.54) is 0 Å². The molecule has 1 aromatic rings. The van der Waals surface area contributed by atoms with Gasteiger partial charge in [0.25, 0.3) is 0 Å². The van der Waals surface area contributed by atoms with Crippen LogP contribution in [-0.2, 0) is 10.0 Å². The van der Waals surface area contributed by atoms with Crippen molar-refractivity contribution < 1.29 is 13.2 Å². The molecule has 0 aliphatic carbocycles. The van der Waals surface area contributed by atoms with Crippen molar-refractivity contribution in [3.8, 4) is 0 Å². The summed E-state index contributed by atoms with van der Waals surface area (Å²) >= 11 is 6.00. The molecule has 0 fully saturated rings. The largest absolute Gasteiger partial charge is 0.293 e. The van der Waals surface area contributed by atoms with Gasteiger partial charge in [0.05, 0.1) is 33.4 Å². The maximum atomic E-state index is 11.3. The molecule has 0 saturated carbocycles. The molecule has 0 radical (unpaired) electrons. The van der Waals surface area contributed by atoms with Crippen LogP contribution in [0.1, 0.15) is 10.4 Å². The first-order chi connectivity index (χ1) is 7.36. The topological polar surface area (TPSA) is 54.5 Å². The summed E-state index contributed by atoms with van der Waals surface area (Å²) in [4.78, 5) is 11.3. The number of ketones is 1. The maximum Gasteiger partial charge on any atom is 0.241 e. The Morgan fingerprint density at radius 2 is 1.81 bits per heavy atom. The Balaban J connectivity index is 3.00. The molecule has 1 rings (SSSR count). The molecule has 0 atom stereocenters. The van der Waals surface area contributed by atoms with Crippen molar-refractivity contribution in [1.82, 2.24) is 0 Å². The summed E-state index contributed by atoms with van der Waals surface area (Å²) in [5, 5.41) is 0.246. The van der Waals surface area contributed by atoms with Gasteiger partial charge in [-0.2, -0.15) is 0 Å². The molecular formula is C9H9Br2NO3S. The van der Waals surface area contributed by atoms with Crippen LogP contribution in [-0.4, -0.2) is 25.8 Å². The lowest BCUT2D eigenvalue weighted by molar-refractivity contribution is 0.102. The van der Waals surface area contributed by atoms with Gasteiger partial charge in [0.2, 0.25) is 10.0 Å². The van der Waals surface area contributed by atoms with Crippen LogP contribution in [0.2, 0.25) is 0 Å². The normalized spacial score (nSPS) is 11.2. The average molecular weight is 371 g/mol. The minimum Gasteiger partial charge on any atom is -0.293 e. The fourth-order valence-electron chi connectivity index (χ4n) is 1.03. The van der Waals surface area contributed by atoms with Crippen LogP contribution in [0.25, 0.3) is 0 Å². The third kappa shape index (κ3) is 3.29. The van der Waals surface area contributed by atoms with Crippen molar-refractivity contribution >= 4 is 53.6 Å². The van der Waals surface area contributed by atoms with Gasteiger partial charge in [-0.1, -0.05) is 15.9 Å². The van der Waals surface area contributed by atoms with E-state index in [0.717, 1.165) is 9.59 Å². The molecule has 88 valence electrons. The molecule has 0 N–H and O–H groups in total. The molecule has 4 nitrogen and oxygen atoms in total. The van der Waals surface area contributed by atoms with E-state index < -0.39 is 10.0 Å². The molecule has 7 heteroatoms. The lowest BCUT2D eigenvalue weighted by Gasteiger charge is -2.13. The van der Waals surface area contributed by atoms with Gasteiger partial charge in [-0.15, -0.1) is 0 Å². The van der Waals surface area contributed by atoms with Crippen molar-refractivity contribution in [1.29, 1.82) is 0 Å². The van der Waals surface area contributed by atoms with Gasteiger partial charge in [0.15, 0.2) is 5.78 Å².